The zero-order valence-corrected chi connectivity index (χ0v) is 17.2. The second-order valence-corrected chi connectivity index (χ2v) is 8.01. The Morgan fingerprint density at radius 1 is 1.24 bits per heavy atom. The van der Waals surface area contributed by atoms with Crippen molar-refractivity contribution in [2.75, 3.05) is 6.61 Å². The van der Waals surface area contributed by atoms with Gasteiger partial charge in [-0.1, -0.05) is 0 Å². The quantitative estimate of drug-likeness (QED) is 0.838. The lowest BCUT2D eigenvalue weighted by atomic mass is 9.95. The van der Waals surface area contributed by atoms with Crippen molar-refractivity contribution < 1.29 is 9.53 Å². The number of aryl methyl sites for hydroxylation is 3. The minimum Gasteiger partial charge on any atom is -0.376 e. The first-order valence-electron chi connectivity index (χ1n) is 10.5. The van der Waals surface area contributed by atoms with Crippen LogP contribution in [0.2, 0.25) is 0 Å². The SMILES string of the molecule is Cc1ccn(CC2CCCO2)c(=O)c1C(=O)NCc1nc(C)c2c(n1)CCCC2. The van der Waals surface area contributed by atoms with Crippen LogP contribution in [0.3, 0.4) is 0 Å². The standard InChI is InChI=1S/C22H28N4O3/c1-14-9-10-26(13-16-6-5-11-29-16)22(28)20(14)21(27)23-12-19-24-15(2)17-7-3-4-8-18(17)25-19/h9-10,16H,3-8,11-13H2,1-2H3,(H,23,27). The van der Waals surface area contributed by atoms with Gasteiger partial charge in [0.25, 0.3) is 11.5 Å². The molecular weight excluding hydrogens is 368 g/mol. The topological polar surface area (TPSA) is 86.1 Å². The van der Waals surface area contributed by atoms with Gasteiger partial charge in [0.2, 0.25) is 0 Å². The van der Waals surface area contributed by atoms with E-state index in [1.165, 1.54) is 12.0 Å². The number of nitrogens with zero attached hydrogens (tertiary/aromatic N) is 3. The molecule has 29 heavy (non-hydrogen) atoms. The highest BCUT2D eigenvalue weighted by molar-refractivity contribution is 5.95. The van der Waals surface area contributed by atoms with Crippen molar-refractivity contribution in [3.05, 3.63) is 56.5 Å². The van der Waals surface area contributed by atoms with Crippen LogP contribution < -0.4 is 10.9 Å². The molecule has 4 rings (SSSR count). The van der Waals surface area contributed by atoms with Crippen LogP contribution >= 0.6 is 0 Å². The highest BCUT2D eigenvalue weighted by atomic mass is 16.5. The first-order chi connectivity index (χ1) is 14.0. The lowest BCUT2D eigenvalue weighted by molar-refractivity contribution is 0.0927. The van der Waals surface area contributed by atoms with Crippen LogP contribution in [0, 0.1) is 13.8 Å². The monoisotopic (exact) mass is 396 g/mol. The molecule has 2 aromatic heterocycles. The summed E-state index contributed by atoms with van der Waals surface area (Å²) in [5.74, 6) is 0.220. The molecule has 0 radical (unpaired) electrons. The van der Waals surface area contributed by atoms with E-state index in [-0.39, 0.29) is 29.7 Å². The van der Waals surface area contributed by atoms with Crippen molar-refractivity contribution in [1.29, 1.82) is 0 Å². The molecule has 154 valence electrons. The number of carbonyl (C=O) groups is 1. The maximum Gasteiger partial charge on any atom is 0.263 e. The number of amides is 1. The van der Waals surface area contributed by atoms with Gasteiger partial charge >= 0.3 is 0 Å². The van der Waals surface area contributed by atoms with Crippen LogP contribution in [0.1, 0.15) is 64.4 Å². The lowest BCUT2D eigenvalue weighted by Crippen LogP contribution is -2.35. The van der Waals surface area contributed by atoms with E-state index in [1.54, 1.807) is 17.7 Å². The Hall–Kier alpha value is -2.54. The van der Waals surface area contributed by atoms with Gasteiger partial charge in [0.15, 0.2) is 0 Å². The van der Waals surface area contributed by atoms with Crippen LogP contribution in [0.25, 0.3) is 0 Å². The molecule has 0 aromatic carbocycles. The highest BCUT2D eigenvalue weighted by Crippen LogP contribution is 2.21. The number of aromatic nitrogens is 3. The second-order valence-electron chi connectivity index (χ2n) is 8.01. The molecule has 3 heterocycles. The lowest BCUT2D eigenvalue weighted by Gasteiger charge is -2.18. The van der Waals surface area contributed by atoms with Gasteiger partial charge in [-0.3, -0.25) is 9.59 Å². The van der Waals surface area contributed by atoms with Crippen LogP contribution in [-0.4, -0.2) is 33.2 Å². The van der Waals surface area contributed by atoms with E-state index >= 15 is 0 Å². The molecule has 1 unspecified atom stereocenters. The third-order valence-corrected chi connectivity index (χ3v) is 5.87. The highest BCUT2D eigenvalue weighted by Gasteiger charge is 2.21. The first-order valence-corrected chi connectivity index (χ1v) is 10.5. The average Bonchev–Trinajstić information content (AvgIpc) is 3.22. The third kappa shape index (κ3) is 4.24. The average molecular weight is 396 g/mol. The summed E-state index contributed by atoms with van der Waals surface area (Å²) >= 11 is 0. The zero-order valence-electron chi connectivity index (χ0n) is 17.2. The summed E-state index contributed by atoms with van der Waals surface area (Å²) in [6.45, 7) is 5.21. The Bertz CT molecular complexity index is 977. The smallest absolute Gasteiger partial charge is 0.263 e. The van der Waals surface area contributed by atoms with Crippen LogP contribution in [0.15, 0.2) is 17.1 Å². The number of rotatable bonds is 5. The summed E-state index contributed by atoms with van der Waals surface area (Å²) in [6, 6.07) is 1.81. The summed E-state index contributed by atoms with van der Waals surface area (Å²) < 4.78 is 7.21. The molecule has 0 saturated carbocycles. The molecule has 1 saturated heterocycles. The largest absolute Gasteiger partial charge is 0.376 e. The van der Waals surface area contributed by atoms with Crippen LogP contribution in [-0.2, 0) is 30.7 Å². The van der Waals surface area contributed by atoms with E-state index in [2.05, 4.69) is 15.3 Å². The number of ether oxygens (including phenoxy) is 1. The Balaban J connectivity index is 1.50. The Labute approximate surface area is 170 Å². The molecule has 0 bridgehead atoms. The van der Waals surface area contributed by atoms with Gasteiger partial charge in [-0.15, -0.1) is 0 Å². The van der Waals surface area contributed by atoms with Crippen molar-refractivity contribution in [2.45, 2.75) is 71.6 Å². The van der Waals surface area contributed by atoms with Gasteiger partial charge < -0.3 is 14.6 Å². The number of carbonyl (C=O) groups excluding carboxylic acids is 1. The molecular formula is C22H28N4O3. The van der Waals surface area contributed by atoms with Crippen molar-refractivity contribution in [2.24, 2.45) is 0 Å². The van der Waals surface area contributed by atoms with Gasteiger partial charge in [0, 0.05) is 24.2 Å². The molecule has 2 aliphatic rings. The minimum atomic E-state index is -0.381. The molecule has 0 spiro atoms. The summed E-state index contributed by atoms with van der Waals surface area (Å²) in [5, 5.41) is 2.84. The molecule has 2 aromatic rings. The number of hydrogen-bond donors (Lipinski definition) is 1. The second kappa shape index (κ2) is 8.45. The molecule has 7 heteroatoms. The zero-order chi connectivity index (χ0) is 20.4. The van der Waals surface area contributed by atoms with Gasteiger partial charge in [-0.05, 0) is 69.6 Å². The van der Waals surface area contributed by atoms with Crippen LogP contribution in [0.5, 0.6) is 0 Å². The molecule has 1 aliphatic heterocycles. The van der Waals surface area contributed by atoms with E-state index < -0.39 is 0 Å². The van der Waals surface area contributed by atoms with E-state index in [1.807, 2.05) is 13.0 Å². The fourth-order valence-corrected chi connectivity index (χ4v) is 4.26. The molecule has 1 amide bonds. The summed E-state index contributed by atoms with van der Waals surface area (Å²) in [4.78, 5) is 34.9. The van der Waals surface area contributed by atoms with Crippen LogP contribution in [0.4, 0.5) is 0 Å². The van der Waals surface area contributed by atoms with Gasteiger partial charge in [0.05, 0.1) is 19.2 Å². The Morgan fingerprint density at radius 2 is 2.07 bits per heavy atom. The maximum atomic E-state index is 12.9. The number of hydrogen-bond acceptors (Lipinski definition) is 5. The predicted molar refractivity (Wildman–Crippen MR) is 109 cm³/mol. The van der Waals surface area contributed by atoms with Gasteiger partial charge in [0.1, 0.15) is 11.4 Å². The fraction of sp³-hybridized carbons (Fsp3) is 0.545. The van der Waals surface area contributed by atoms with E-state index in [0.29, 0.717) is 17.9 Å². The Morgan fingerprint density at radius 3 is 2.86 bits per heavy atom. The fourth-order valence-electron chi connectivity index (χ4n) is 4.26. The van der Waals surface area contributed by atoms with Crippen molar-refractivity contribution in [1.82, 2.24) is 19.9 Å². The van der Waals surface area contributed by atoms with E-state index in [4.69, 9.17) is 4.74 Å². The van der Waals surface area contributed by atoms with Crippen molar-refractivity contribution in [3.8, 4) is 0 Å². The first kappa shape index (κ1) is 19.8. The van der Waals surface area contributed by atoms with Crippen molar-refractivity contribution in [3.63, 3.8) is 0 Å². The summed E-state index contributed by atoms with van der Waals surface area (Å²) in [5.41, 5.74) is 3.91. The molecule has 1 atom stereocenters. The molecule has 1 aliphatic carbocycles. The molecule has 7 nitrogen and oxygen atoms in total. The number of pyridine rings is 1. The number of nitrogens with one attached hydrogen (secondary N) is 1. The summed E-state index contributed by atoms with van der Waals surface area (Å²) in [6.07, 6.45) is 8.05. The summed E-state index contributed by atoms with van der Waals surface area (Å²) in [7, 11) is 0. The third-order valence-electron chi connectivity index (χ3n) is 5.87. The predicted octanol–water partition coefficient (Wildman–Crippen LogP) is 2.24. The van der Waals surface area contributed by atoms with E-state index in [9.17, 15) is 9.59 Å². The molecule has 1 fully saturated rings. The maximum absolute atomic E-state index is 12.9. The molecule has 1 N–H and O–H groups in total. The minimum absolute atomic E-state index is 0.0400. The number of fused-ring (bicyclic) bond motifs is 1. The normalized spacial score (nSPS) is 18.5. The van der Waals surface area contributed by atoms with Gasteiger partial charge in [-0.2, -0.15) is 0 Å². The van der Waals surface area contributed by atoms with Gasteiger partial charge in [-0.25, -0.2) is 9.97 Å². The Kier molecular flexibility index (Phi) is 5.76. The van der Waals surface area contributed by atoms with E-state index in [0.717, 1.165) is 50.1 Å². The van der Waals surface area contributed by atoms with Crippen molar-refractivity contribution >= 4 is 5.91 Å².